The Kier molecular flexibility index (Phi) is 3.03. The van der Waals surface area contributed by atoms with Crippen LogP contribution in [0.15, 0.2) is 40.9 Å². The molecule has 1 N–H and O–H groups in total. The maximum Gasteiger partial charge on any atom is 0.266 e. The lowest BCUT2D eigenvalue weighted by molar-refractivity contribution is 0.0926. The molecule has 0 bridgehead atoms. The average molecular weight is 353 g/mol. The monoisotopic (exact) mass is 351 g/mol. The molecule has 6 heteroatoms. The van der Waals surface area contributed by atoms with E-state index < -0.39 is 11.8 Å². The van der Waals surface area contributed by atoms with E-state index >= 15 is 0 Å². The largest absolute Gasteiger partial charge is 0.508 e. The number of imide groups is 1. The number of phenolic OH excluding ortho intramolecular Hbond substituents is 1. The molecule has 0 saturated heterocycles. The minimum Gasteiger partial charge on any atom is -0.508 e. The van der Waals surface area contributed by atoms with E-state index in [9.17, 15) is 14.7 Å². The van der Waals surface area contributed by atoms with Crippen LogP contribution in [0, 0.1) is 0 Å². The zero-order valence-electron chi connectivity index (χ0n) is 9.93. The van der Waals surface area contributed by atoms with Crippen molar-refractivity contribution < 1.29 is 14.7 Å². The van der Waals surface area contributed by atoms with Crippen LogP contribution in [0.4, 0.5) is 5.69 Å². The van der Waals surface area contributed by atoms with E-state index in [1.807, 2.05) is 0 Å². The lowest BCUT2D eigenvalue weighted by atomic mass is 10.1. The number of aromatic hydroxyl groups is 1. The van der Waals surface area contributed by atoms with Crippen LogP contribution in [0.1, 0.15) is 20.7 Å². The minimum atomic E-state index is -0.432. The summed E-state index contributed by atoms with van der Waals surface area (Å²) < 4.78 is 0.719. The zero-order chi connectivity index (χ0) is 14.4. The van der Waals surface area contributed by atoms with Crippen molar-refractivity contribution in [1.29, 1.82) is 0 Å². The highest BCUT2D eigenvalue weighted by Crippen LogP contribution is 2.35. The predicted octanol–water partition coefficient (Wildman–Crippen LogP) is 3.61. The Bertz CT molecular complexity index is 760. The van der Waals surface area contributed by atoms with Crippen LogP contribution >= 0.6 is 27.5 Å². The summed E-state index contributed by atoms with van der Waals surface area (Å²) in [6.07, 6.45) is 0. The van der Waals surface area contributed by atoms with Crippen molar-refractivity contribution in [3.63, 3.8) is 0 Å². The summed E-state index contributed by atoms with van der Waals surface area (Å²) in [6.45, 7) is 0. The fourth-order valence-electron chi connectivity index (χ4n) is 2.11. The number of carbonyl (C=O) groups excluding carboxylic acids is 2. The standard InChI is InChI=1S/C14H7BrClNO3/c15-7-1-3-9-10(5-7)14(20)17(13(9)19)12-4-2-8(18)6-11(12)16/h1-6,18H. The first-order valence-corrected chi connectivity index (χ1v) is 6.83. The molecule has 3 rings (SSSR count). The summed E-state index contributed by atoms with van der Waals surface area (Å²) in [4.78, 5) is 25.7. The molecule has 2 aromatic rings. The first-order valence-electron chi connectivity index (χ1n) is 5.66. The van der Waals surface area contributed by atoms with E-state index in [4.69, 9.17) is 11.6 Å². The van der Waals surface area contributed by atoms with Gasteiger partial charge in [0.2, 0.25) is 0 Å². The van der Waals surface area contributed by atoms with Crippen LogP contribution in [-0.4, -0.2) is 16.9 Å². The number of halogens is 2. The average Bonchev–Trinajstić information content (AvgIpc) is 2.63. The summed E-state index contributed by atoms with van der Waals surface area (Å²) in [6, 6.07) is 9.00. The lowest BCUT2D eigenvalue weighted by Crippen LogP contribution is -2.29. The number of fused-ring (bicyclic) bond motifs is 1. The van der Waals surface area contributed by atoms with Gasteiger partial charge in [-0.3, -0.25) is 9.59 Å². The van der Waals surface area contributed by atoms with Crippen LogP contribution in [0.25, 0.3) is 0 Å². The van der Waals surface area contributed by atoms with Crippen molar-refractivity contribution >= 4 is 45.0 Å². The normalized spacial score (nSPS) is 13.8. The minimum absolute atomic E-state index is 0.0295. The number of anilines is 1. The van der Waals surface area contributed by atoms with E-state index in [-0.39, 0.29) is 16.5 Å². The van der Waals surface area contributed by atoms with Gasteiger partial charge in [0, 0.05) is 10.5 Å². The highest BCUT2D eigenvalue weighted by atomic mass is 79.9. The molecule has 0 unspecified atom stereocenters. The first kappa shape index (κ1) is 13.1. The Morgan fingerprint density at radius 3 is 2.40 bits per heavy atom. The van der Waals surface area contributed by atoms with Crippen molar-refractivity contribution in [1.82, 2.24) is 0 Å². The molecule has 2 amide bonds. The molecule has 0 aromatic heterocycles. The topological polar surface area (TPSA) is 57.6 Å². The van der Waals surface area contributed by atoms with Gasteiger partial charge in [0.1, 0.15) is 5.75 Å². The van der Waals surface area contributed by atoms with Gasteiger partial charge < -0.3 is 5.11 Å². The number of benzene rings is 2. The fraction of sp³-hybridized carbons (Fsp3) is 0. The summed E-state index contributed by atoms with van der Waals surface area (Å²) >= 11 is 9.27. The van der Waals surface area contributed by atoms with Crippen LogP contribution in [0.3, 0.4) is 0 Å². The molecule has 0 radical (unpaired) electrons. The second kappa shape index (κ2) is 4.61. The third-order valence-corrected chi connectivity index (χ3v) is 3.82. The molecule has 0 spiro atoms. The number of amides is 2. The van der Waals surface area contributed by atoms with Crippen LogP contribution in [0.5, 0.6) is 5.75 Å². The second-order valence-electron chi connectivity index (χ2n) is 4.27. The van der Waals surface area contributed by atoms with E-state index in [2.05, 4.69) is 15.9 Å². The van der Waals surface area contributed by atoms with Crippen molar-refractivity contribution in [2.45, 2.75) is 0 Å². The molecule has 0 fully saturated rings. The van der Waals surface area contributed by atoms with Crippen molar-refractivity contribution in [2.24, 2.45) is 0 Å². The van der Waals surface area contributed by atoms with Crippen LogP contribution in [-0.2, 0) is 0 Å². The van der Waals surface area contributed by atoms with E-state index in [0.29, 0.717) is 11.1 Å². The van der Waals surface area contributed by atoms with Gasteiger partial charge in [0.15, 0.2) is 0 Å². The third kappa shape index (κ3) is 1.90. The Morgan fingerprint density at radius 1 is 1.00 bits per heavy atom. The van der Waals surface area contributed by atoms with Gasteiger partial charge in [-0.05, 0) is 30.3 Å². The third-order valence-electron chi connectivity index (χ3n) is 3.02. The molecular weight excluding hydrogens is 346 g/mol. The number of phenols is 1. The molecule has 1 aliphatic rings. The molecule has 1 heterocycles. The Hall–Kier alpha value is -1.85. The SMILES string of the molecule is O=C1c2ccc(Br)cc2C(=O)N1c1ccc(O)cc1Cl. The number of carbonyl (C=O) groups is 2. The fourth-order valence-corrected chi connectivity index (χ4v) is 2.73. The molecule has 0 atom stereocenters. The highest BCUT2D eigenvalue weighted by molar-refractivity contribution is 9.10. The van der Waals surface area contributed by atoms with Gasteiger partial charge in [-0.25, -0.2) is 4.90 Å². The Morgan fingerprint density at radius 2 is 1.70 bits per heavy atom. The summed E-state index contributed by atoms with van der Waals surface area (Å²) in [7, 11) is 0. The van der Waals surface area contributed by atoms with Gasteiger partial charge in [0.05, 0.1) is 21.8 Å². The number of rotatable bonds is 1. The van der Waals surface area contributed by atoms with E-state index in [1.54, 1.807) is 18.2 Å². The number of hydrogen-bond donors (Lipinski definition) is 1. The Labute approximate surface area is 127 Å². The zero-order valence-corrected chi connectivity index (χ0v) is 12.3. The number of hydrogen-bond acceptors (Lipinski definition) is 3. The Balaban J connectivity index is 2.14. The first-order chi connectivity index (χ1) is 9.49. The van der Waals surface area contributed by atoms with Crippen molar-refractivity contribution in [3.05, 3.63) is 57.0 Å². The highest BCUT2D eigenvalue weighted by Gasteiger charge is 2.37. The maximum absolute atomic E-state index is 12.4. The lowest BCUT2D eigenvalue weighted by Gasteiger charge is -2.15. The van der Waals surface area contributed by atoms with Crippen LogP contribution < -0.4 is 4.90 Å². The maximum atomic E-state index is 12.4. The second-order valence-corrected chi connectivity index (χ2v) is 5.59. The summed E-state index contributed by atoms with van der Waals surface area (Å²) in [5.41, 5.74) is 0.919. The molecule has 100 valence electrons. The predicted molar refractivity (Wildman–Crippen MR) is 78.4 cm³/mol. The van der Waals surface area contributed by atoms with Gasteiger partial charge in [-0.1, -0.05) is 27.5 Å². The molecular formula is C14H7BrClNO3. The van der Waals surface area contributed by atoms with Gasteiger partial charge in [0.25, 0.3) is 11.8 Å². The summed E-state index contributed by atoms with van der Waals surface area (Å²) in [5, 5.41) is 9.48. The summed E-state index contributed by atoms with van der Waals surface area (Å²) in [5.74, 6) is -0.887. The van der Waals surface area contributed by atoms with Gasteiger partial charge in [-0.2, -0.15) is 0 Å². The molecule has 0 saturated carbocycles. The van der Waals surface area contributed by atoms with E-state index in [0.717, 1.165) is 9.37 Å². The molecule has 2 aromatic carbocycles. The van der Waals surface area contributed by atoms with E-state index in [1.165, 1.54) is 18.2 Å². The van der Waals surface area contributed by atoms with Gasteiger partial charge >= 0.3 is 0 Å². The smallest absolute Gasteiger partial charge is 0.266 e. The van der Waals surface area contributed by atoms with Crippen molar-refractivity contribution in [2.75, 3.05) is 4.90 Å². The quantitative estimate of drug-likeness (QED) is 0.798. The molecule has 1 aliphatic heterocycles. The van der Waals surface area contributed by atoms with Crippen molar-refractivity contribution in [3.8, 4) is 5.75 Å². The molecule has 4 nitrogen and oxygen atoms in total. The van der Waals surface area contributed by atoms with Gasteiger partial charge in [-0.15, -0.1) is 0 Å². The van der Waals surface area contributed by atoms with Crippen LogP contribution in [0.2, 0.25) is 5.02 Å². The molecule has 0 aliphatic carbocycles. The molecule has 20 heavy (non-hydrogen) atoms. The number of nitrogens with zero attached hydrogens (tertiary/aromatic N) is 1.